The molecule has 0 aliphatic rings. The molecule has 0 aromatic heterocycles. The van der Waals surface area contributed by atoms with Crippen molar-refractivity contribution in [2.24, 2.45) is 0 Å². The summed E-state index contributed by atoms with van der Waals surface area (Å²) in [6, 6.07) is 9.20. The molecule has 0 saturated heterocycles. The van der Waals surface area contributed by atoms with Crippen LogP contribution in [-0.4, -0.2) is 51.0 Å². The van der Waals surface area contributed by atoms with Crippen LogP contribution < -0.4 is 9.62 Å². The van der Waals surface area contributed by atoms with Gasteiger partial charge in [-0.3, -0.25) is 13.9 Å². The van der Waals surface area contributed by atoms with Gasteiger partial charge in [0, 0.05) is 42.2 Å². The number of anilines is 1. The molecule has 1 atom stereocenters. The third kappa shape index (κ3) is 7.31. The summed E-state index contributed by atoms with van der Waals surface area (Å²) in [5, 5.41) is 3.25. The minimum absolute atomic E-state index is 0.00521. The number of benzene rings is 2. The van der Waals surface area contributed by atoms with Gasteiger partial charge in [0.05, 0.1) is 11.9 Å². The van der Waals surface area contributed by atoms with Crippen molar-refractivity contribution < 1.29 is 22.4 Å². The number of nitrogens with zero attached hydrogens (tertiary/aromatic N) is 2. The average Bonchev–Trinajstić information content (AvgIpc) is 2.75. The van der Waals surface area contributed by atoms with Gasteiger partial charge in [0.25, 0.3) is 0 Å². The maximum atomic E-state index is 13.2. The summed E-state index contributed by atoms with van der Waals surface area (Å²) in [5.74, 6) is -1.22. The zero-order valence-corrected chi connectivity index (χ0v) is 20.8. The lowest BCUT2D eigenvalue weighted by atomic mass is 10.1. The minimum Gasteiger partial charge on any atom is -0.357 e. The fourth-order valence-corrected chi connectivity index (χ4v) is 4.74. The number of nitrogens with one attached hydrogen (secondary N) is 1. The van der Waals surface area contributed by atoms with E-state index in [1.165, 1.54) is 36.2 Å². The monoisotopic (exact) mass is 517 g/mol. The molecule has 0 aliphatic carbocycles. The largest absolute Gasteiger partial charge is 0.357 e. The minimum atomic E-state index is -3.66. The van der Waals surface area contributed by atoms with Crippen LogP contribution in [0.15, 0.2) is 42.5 Å². The molecule has 0 heterocycles. The second-order valence-electron chi connectivity index (χ2n) is 7.43. The highest BCUT2D eigenvalue weighted by molar-refractivity contribution is 7.92. The van der Waals surface area contributed by atoms with Gasteiger partial charge in [-0.25, -0.2) is 12.8 Å². The summed E-state index contributed by atoms with van der Waals surface area (Å²) in [4.78, 5) is 26.7. The number of rotatable bonds is 10. The van der Waals surface area contributed by atoms with Crippen molar-refractivity contribution in [3.63, 3.8) is 0 Å². The van der Waals surface area contributed by atoms with Crippen LogP contribution in [0.2, 0.25) is 10.0 Å². The van der Waals surface area contributed by atoms with Crippen molar-refractivity contribution in [1.29, 1.82) is 0 Å². The second-order valence-corrected chi connectivity index (χ2v) is 10.1. The number of carbonyl (C=O) groups excluding carboxylic acids is 2. The van der Waals surface area contributed by atoms with E-state index >= 15 is 0 Å². The van der Waals surface area contributed by atoms with Crippen molar-refractivity contribution in [3.8, 4) is 0 Å². The molecule has 0 aliphatic heterocycles. The van der Waals surface area contributed by atoms with Gasteiger partial charge >= 0.3 is 0 Å². The molecule has 180 valence electrons. The van der Waals surface area contributed by atoms with E-state index in [2.05, 4.69) is 5.32 Å². The van der Waals surface area contributed by atoms with Crippen molar-refractivity contribution in [2.45, 2.75) is 32.4 Å². The third-order valence-electron chi connectivity index (χ3n) is 5.07. The topological polar surface area (TPSA) is 86.8 Å². The molecule has 7 nitrogen and oxygen atoms in total. The molecule has 1 N–H and O–H groups in total. The predicted molar refractivity (Wildman–Crippen MR) is 128 cm³/mol. The van der Waals surface area contributed by atoms with E-state index in [0.717, 1.165) is 10.6 Å². The van der Waals surface area contributed by atoms with Crippen LogP contribution in [-0.2, 0) is 26.2 Å². The summed E-state index contributed by atoms with van der Waals surface area (Å²) in [6.45, 7) is 1.60. The lowest BCUT2D eigenvalue weighted by Gasteiger charge is -2.29. The molecule has 0 radical (unpaired) electrons. The number of carbonyl (C=O) groups is 2. The van der Waals surface area contributed by atoms with E-state index in [4.69, 9.17) is 23.2 Å². The van der Waals surface area contributed by atoms with E-state index < -0.39 is 21.9 Å². The fourth-order valence-electron chi connectivity index (χ4n) is 3.26. The first-order valence-corrected chi connectivity index (χ1v) is 12.7. The molecule has 11 heteroatoms. The van der Waals surface area contributed by atoms with Crippen LogP contribution in [0.25, 0.3) is 0 Å². The molecule has 33 heavy (non-hydrogen) atoms. The number of hydrogen-bond donors (Lipinski definition) is 1. The Labute approximate surface area is 203 Å². The highest BCUT2D eigenvalue weighted by Crippen LogP contribution is 2.27. The highest BCUT2D eigenvalue weighted by Gasteiger charge is 2.27. The first kappa shape index (κ1) is 26.9. The Hall–Kier alpha value is -2.36. The Balaban J connectivity index is 2.19. The number of likely N-dealkylation sites (N-methyl/N-ethyl adjacent to an activating group) is 1. The van der Waals surface area contributed by atoms with Crippen molar-refractivity contribution in [3.05, 3.63) is 63.9 Å². The van der Waals surface area contributed by atoms with Crippen LogP contribution in [0, 0.1) is 5.82 Å². The molecule has 2 aromatic rings. The molecule has 0 unspecified atom stereocenters. The maximum absolute atomic E-state index is 13.2. The summed E-state index contributed by atoms with van der Waals surface area (Å²) in [5.41, 5.74) is 0.804. The summed E-state index contributed by atoms with van der Waals surface area (Å²) < 4.78 is 38.8. The van der Waals surface area contributed by atoms with Gasteiger partial charge in [-0.05, 0) is 49.7 Å². The lowest BCUT2D eigenvalue weighted by Crippen LogP contribution is -2.47. The Morgan fingerprint density at radius 1 is 1.09 bits per heavy atom. The molecular formula is C22H26Cl2FN3O4S. The first-order valence-electron chi connectivity index (χ1n) is 10.1. The number of sulfonamides is 1. The van der Waals surface area contributed by atoms with Crippen LogP contribution in [0.3, 0.4) is 0 Å². The zero-order valence-electron chi connectivity index (χ0n) is 18.5. The van der Waals surface area contributed by atoms with Crippen LogP contribution in [0.1, 0.15) is 25.3 Å². The Bertz CT molecular complexity index is 1080. The van der Waals surface area contributed by atoms with Crippen LogP contribution in [0.5, 0.6) is 0 Å². The number of hydrogen-bond acceptors (Lipinski definition) is 4. The van der Waals surface area contributed by atoms with E-state index in [1.54, 1.807) is 25.1 Å². The summed E-state index contributed by atoms with van der Waals surface area (Å²) in [6.07, 6.45) is 1.19. The van der Waals surface area contributed by atoms with Crippen molar-refractivity contribution in [2.75, 3.05) is 24.2 Å². The van der Waals surface area contributed by atoms with Crippen molar-refractivity contribution in [1.82, 2.24) is 10.2 Å². The molecule has 2 amide bonds. The van der Waals surface area contributed by atoms with E-state index in [-0.39, 0.29) is 37.7 Å². The SMILES string of the molecule is CNC(=O)[C@H](C)N(Cc1c(Cl)cccc1Cl)C(=O)CCCN(c1ccc(F)cc1)S(C)(=O)=O. The van der Waals surface area contributed by atoms with Gasteiger partial charge in [-0.1, -0.05) is 29.3 Å². The second kappa shape index (κ2) is 11.7. The van der Waals surface area contributed by atoms with Gasteiger partial charge in [0.2, 0.25) is 21.8 Å². The number of halogens is 3. The normalized spacial score (nSPS) is 12.2. The van der Waals surface area contributed by atoms with Gasteiger partial charge in [-0.2, -0.15) is 0 Å². The lowest BCUT2D eigenvalue weighted by molar-refractivity contribution is -0.140. The molecule has 2 aromatic carbocycles. The van der Waals surface area contributed by atoms with Gasteiger partial charge in [-0.15, -0.1) is 0 Å². The van der Waals surface area contributed by atoms with Gasteiger partial charge < -0.3 is 10.2 Å². The van der Waals surface area contributed by atoms with Crippen molar-refractivity contribution >= 4 is 50.7 Å². The third-order valence-corrected chi connectivity index (χ3v) is 6.97. The Morgan fingerprint density at radius 2 is 1.67 bits per heavy atom. The predicted octanol–water partition coefficient (Wildman–Crippen LogP) is 3.84. The molecule has 0 fully saturated rings. The van der Waals surface area contributed by atoms with E-state index in [1.807, 2.05) is 0 Å². The molecular weight excluding hydrogens is 492 g/mol. The van der Waals surface area contributed by atoms with Crippen LogP contribution in [0.4, 0.5) is 10.1 Å². The Kier molecular flexibility index (Phi) is 9.51. The molecule has 2 rings (SSSR count). The molecule has 0 spiro atoms. The van der Waals surface area contributed by atoms with E-state index in [9.17, 15) is 22.4 Å². The molecule has 0 bridgehead atoms. The summed E-state index contributed by atoms with van der Waals surface area (Å²) in [7, 11) is -2.19. The smallest absolute Gasteiger partial charge is 0.242 e. The summed E-state index contributed by atoms with van der Waals surface area (Å²) >= 11 is 12.5. The Morgan fingerprint density at radius 3 is 2.18 bits per heavy atom. The average molecular weight is 518 g/mol. The standard InChI is InChI=1S/C22H26Cl2FN3O4S/c1-15(22(30)26-2)27(14-18-19(23)6-4-7-20(18)24)21(29)8-5-13-28(33(3,31)32)17-11-9-16(25)10-12-17/h4,6-7,9-12,15H,5,8,13-14H2,1-3H3,(H,26,30)/t15-/m0/s1. The van der Waals surface area contributed by atoms with E-state index in [0.29, 0.717) is 21.3 Å². The van der Waals surface area contributed by atoms with Crippen LogP contribution >= 0.6 is 23.2 Å². The van der Waals surface area contributed by atoms with Gasteiger partial charge in [0.1, 0.15) is 11.9 Å². The first-order chi connectivity index (χ1) is 15.5. The quantitative estimate of drug-likeness (QED) is 0.518. The fraction of sp³-hybridized carbons (Fsp3) is 0.364. The van der Waals surface area contributed by atoms with Gasteiger partial charge in [0.15, 0.2) is 0 Å². The molecule has 0 saturated carbocycles. The highest BCUT2D eigenvalue weighted by atomic mass is 35.5. The maximum Gasteiger partial charge on any atom is 0.242 e. The number of amides is 2. The zero-order chi connectivity index (χ0) is 24.8.